The standard InChI is InChI=1S/C18H27ClN4O2/c1-13(2)20-18(25)14(3)23-10-8-22(9-11-23)12-17(24)21-16-7-5-4-6-15(16)19/h4-7,13-14H,8-12H2,1-3H3,(H,20,25)(H,21,24). The molecule has 25 heavy (non-hydrogen) atoms. The summed E-state index contributed by atoms with van der Waals surface area (Å²) in [6.07, 6.45) is 0. The van der Waals surface area contributed by atoms with Crippen LogP contribution in [0.3, 0.4) is 0 Å². The molecule has 1 aliphatic heterocycles. The Kier molecular flexibility index (Phi) is 7.23. The van der Waals surface area contributed by atoms with Crippen molar-refractivity contribution in [3.8, 4) is 0 Å². The van der Waals surface area contributed by atoms with E-state index in [-0.39, 0.29) is 23.9 Å². The minimum atomic E-state index is -0.151. The molecule has 7 heteroatoms. The van der Waals surface area contributed by atoms with E-state index >= 15 is 0 Å². The summed E-state index contributed by atoms with van der Waals surface area (Å²) in [6.45, 7) is 9.23. The zero-order valence-electron chi connectivity index (χ0n) is 15.1. The first-order valence-electron chi connectivity index (χ1n) is 8.68. The van der Waals surface area contributed by atoms with E-state index in [1.165, 1.54) is 0 Å². The minimum Gasteiger partial charge on any atom is -0.353 e. The van der Waals surface area contributed by atoms with E-state index in [0.29, 0.717) is 17.3 Å². The van der Waals surface area contributed by atoms with Crippen LogP contribution in [0, 0.1) is 0 Å². The van der Waals surface area contributed by atoms with Crippen molar-refractivity contribution in [2.24, 2.45) is 0 Å². The second kappa shape index (κ2) is 9.17. The number of hydrogen-bond donors (Lipinski definition) is 2. The first kappa shape index (κ1) is 19.7. The number of nitrogens with zero attached hydrogens (tertiary/aromatic N) is 2. The normalized spacial score (nSPS) is 17.3. The van der Waals surface area contributed by atoms with Gasteiger partial charge in [-0.25, -0.2) is 0 Å². The summed E-state index contributed by atoms with van der Waals surface area (Å²) in [6, 6.07) is 7.19. The van der Waals surface area contributed by atoms with Crippen LogP contribution in [0.1, 0.15) is 20.8 Å². The van der Waals surface area contributed by atoms with Crippen LogP contribution >= 0.6 is 11.6 Å². The molecule has 1 fully saturated rings. The Morgan fingerprint density at radius 3 is 2.36 bits per heavy atom. The van der Waals surface area contributed by atoms with Gasteiger partial charge in [-0.2, -0.15) is 0 Å². The van der Waals surface area contributed by atoms with E-state index in [0.717, 1.165) is 26.2 Å². The molecular weight excluding hydrogens is 340 g/mol. The van der Waals surface area contributed by atoms with E-state index in [9.17, 15) is 9.59 Å². The molecule has 0 saturated carbocycles. The number of carbonyl (C=O) groups excluding carboxylic acids is 2. The lowest BCUT2D eigenvalue weighted by molar-refractivity contribution is -0.127. The van der Waals surface area contributed by atoms with Crippen LogP contribution in [-0.4, -0.2) is 66.4 Å². The molecule has 1 unspecified atom stereocenters. The SMILES string of the molecule is CC(C)NC(=O)C(C)N1CCN(CC(=O)Nc2ccccc2Cl)CC1. The summed E-state index contributed by atoms with van der Waals surface area (Å²) in [5.41, 5.74) is 0.631. The number of nitrogens with one attached hydrogen (secondary N) is 2. The average Bonchev–Trinajstić information content (AvgIpc) is 2.56. The van der Waals surface area contributed by atoms with E-state index in [1.54, 1.807) is 12.1 Å². The Balaban J connectivity index is 1.77. The fraction of sp³-hybridized carbons (Fsp3) is 0.556. The summed E-state index contributed by atoms with van der Waals surface area (Å²) in [7, 11) is 0. The Hall–Kier alpha value is -1.63. The van der Waals surface area contributed by atoms with Crippen LogP contribution in [0.25, 0.3) is 0 Å². The predicted molar refractivity (Wildman–Crippen MR) is 101 cm³/mol. The van der Waals surface area contributed by atoms with Crippen molar-refractivity contribution in [1.29, 1.82) is 0 Å². The zero-order chi connectivity index (χ0) is 18.4. The van der Waals surface area contributed by atoms with Crippen molar-refractivity contribution in [3.63, 3.8) is 0 Å². The first-order valence-corrected chi connectivity index (χ1v) is 9.05. The summed E-state index contributed by atoms with van der Waals surface area (Å²) >= 11 is 6.06. The van der Waals surface area contributed by atoms with Gasteiger partial charge in [-0.15, -0.1) is 0 Å². The van der Waals surface area contributed by atoms with Crippen LogP contribution in [0.4, 0.5) is 5.69 Å². The molecule has 1 aromatic rings. The minimum absolute atomic E-state index is 0.0555. The number of hydrogen-bond acceptors (Lipinski definition) is 4. The number of amides is 2. The van der Waals surface area contributed by atoms with Crippen molar-refractivity contribution in [3.05, 3.63) is 29.3 Å². The number of piperazine rings is 1. The largest absolute Gasteiger partial charge is 0.353 e. The maximum atomic E-state index is 12.2. The van der Waals surface area contributed by atoms with Crippen molar-refractivity contribution in [2.75, 3.05) is 38.0 Å². The molecule has 0 spiro atoms. The number of benzene rings is 1. The quantitative estimate of drug-likeness (QED) is 0.806. The van der Waals surface area contributed by atoms with E-state index in [1.807, 2.05) is 32.9 Å². The van der Waals surface area contributed by atoms with Crippen molar-refractivity contribution >= 4 is 29.1 Å². The number of para-hydroxylation sites is 1. The predicted octanol–water partition coefficient (Wildman–Crippen LogP) is 1.81. The van der Waals surface area contributed by atoms with Gasteiger partial charge in [0.05, 0.1) is 23.3 Å². The third-order valence-electron chi connectivity index (χ3n) is 4.28. The number of halogens is 1. The molecule has 1 aromatic carbocycles. The Morgan fingerprint density at radius 1 is 1.12 bits per heavy atom. The highest BCUT2D eigenvalue weighted by Gasteiger charge is 2.26. The molecule has 0 aliphatic carbocycles. The molecular formula is C18H27ClN4O2. The topological polar surface area (TPSA) is 64.7 Å². The maximum absolute atomic E-state index is 12.2. The van der Waals surface area contributed by atoms with Gasteiger partial charge in [0.15, 0.2) is 0 Å². The van der Waals surface area contributed by atoms with Gasteiger partial charge < -0.3 is 10.6 Å². The third-order valence-corrected chi connectivity index (χ3v) is 4.61. The van der Waals surface area contributed by atoms with E-state index in [2.05, 4.69) is 20.4 Å². The molecule has 1 saturated heterocycles. The van der Waals surface area contributed by atoms with Crippen LogP contribution in [-0.2, 0) is 9.59 Å². The molecule has 1 heterocycles. The van der Waals surface area contributed by atoms with E-state index < -0.39 is 0 Å². The fourth-order valence-electron chi connectivity index (χ4n) is 2.84. The van der Waals surface area contributed by atoms with Gasteiger partial charge in [0, 0.05) is 32.2 Å². The molecule has 1 aliphatic rings. The Bertz CT molecular complexity index is 600. The van der Waals surface area contributed by atoms with Gasteiger partial charge in [-0.05, 0) is 32.9 Å². The molecule has 0 bridgehead atoms. The first-order chi connectivity index (χ1) is 11.9. The molecule has 2 N–H and O–H groups in total. The lowest BCUT2D eigenvalue weighted by Crippen LogP contribution is -2.55. The number of anilines is 1. The molecule has 0 radical (unpaired) electrons. The second-order valence-corrected chi connectivity index (χ2v) is 7.09. The molecule has 2 amide bonds. The highest BCUT2D eigenvalue weighted by atomic mass is 35.5. The third kappa shape index (κ3) is 5.99. The van der Waals surface area contributed by atoms with Gasteiger partial charge in [-0.1, -0.05) is 23.7 Å². The number of rotatable bonds is 6. The van der Waals surface area contributed by atoms with Crippen molar-refractivity contribution in [2.45, 2.75) is 32.9 Å². The molecule has 138 valence electrons. The van der Waals surface area contributed by atoms with Gasteiger partial charge in [0.1, 0.15) is 0 Å². The maximum Gasteiger partial charge on any atom is 0.238 e. The number of carbonyl (C=O) groups is 2. The summed E-state index contributed by atoms with van der Waals surface area (Å²) in [5.74, 6) is -0.0212. The van der Waals surface area contributed by atoms with E-state index in [4.69, 9.17) is 11.6 Å². The fourth-order valence-corrected chi connectivity index (χ4v) is 3.02. The zero-order valence-corrected chi connectivity index (χ0v) is 15.8. The van der Waals surface area contributed by atoms with Crippen molar-refractivity contribution < 1.29 is 9.59 Å². The molecule has 2 rings (SSSR count). The lowest BCUT2D eigenvalue weighted by atomic mass is 10.2. The van der Waals surface area contributed by atoms with Crippen LogP contribution < -0.4 is 10.6 Å². The smallest absolute Gasteiger partial charge is 0.238 e. The lowest BCUT2D eigenvalue weighted by Gasteiger charge is -2.37. The highest BCUT2D eigenvalue weighted by molar-refractivity contribution is 6.33. The summed E-state index contributed by atoms with van der Waals surface area (Å²) in [5, 5.41) is 6.32. The van der Waals surface area contributed by atoms with Crippen LogP contribution in [0.15, 0.2) is 24.3 Å². The van der Waals surface area contributed by atoms with Gasteiger partial charge in [0.2, 0.25) is 11.8 Å². The average molecular weight is 367 g/mol. The molecule has 0 aromatic heterocycles. The summed E-state index contributed by atoms with van der Waals surface area (Å²) in [4.78, 5) is 28.5. The molecule has 1 atom stereocenters. The van der Waals surface area contributed by atoms with Crippen LogP contribution in [0.5, 0.6) is 0 Å². The monoisotopic (exact) mass is 366 g/mol. The van der Waals surface area contributed by atoms with Gasteiger partial charge >= 0.3 is 0 Å². The molecule has 6 nitrogen and oxygen atoms in total. The summed E-state index contributed by atoms with van der Waals surface area (Å²) < 4.78 is 0. The van der Waals surface area contributed by atoms with Gasteiger partial charge in [0.25, 0.3) is 0 Å². The second-order valence-electron chi connectivity index (χ2n) is 6.68. The highest BCUT2D eigenvalue weighted by Crippen LogP contribution is 2.20. The Labute approximate surface area is 154 Å². The van der Waals surface area contributed by atoms with Crippen molar-refractivity contribution in [1.82, 2.24) is 15.1 Å². The Morgan fingerprint density at radius 2 is 1.76 bits per heavy atom. The van der Waals surface area contributed by atoms with Crippen LogP contribution in [0.2, 0.25) is 5.02 Å². The van der Waals surface area contributed by atoms with Gasteiger partial charge in [-0.3, -0.25) is 19.4 Å².